The summed E-state index contributed by atoms with van der Waals surface area (Å²) in [6.45, 7) is -0.137. The molecule has 1 atom stereocenters. The number of rotatable bonds is 4. The molecule has 0 rings (SSSR count). The molecule has 1 unspecified atom stereocenters. The van der Waals surface area contributed by atoms with Crippen molar-refractivity contribution in [3.8, 4) is 0 Å². The van der Waals surface area contributed by atoms with Gasteiger partial charge in [-0.25, -0.2) is 0 Å². The Labute approximate surface area is 69.6 Å². The van der Waals surface area contributed by atoms with E-state index in [1.54, 1.807) is 0 Å². The van der Waals surface area contributed by atoms with E-state index >= 15 is 0 Å². The number of aliphatic carboxylic acids is 2. The Balaban J connectivity index is 0. The maximum atomic E-state index is 10.1. The molecule has 0 saturated heterocycles. The molecule has 0 aromatic rings. The van der Waals surface area contributed by atoms with E-state index in [0.29, 0.717) is 0 Å². The summed E-state index contributed by atoms with van der Waals surface area (Å²) in [7, 11) is 0. The van der Waals surface area contributed by atoms with E-state index in [0.717, 1.165) is 0 Å². The fourth-order valence-electron chi connectivity index (χ4n) is 0.482. The fourth-order valence-corrected chi connectivity index (χ4v) is 0.482. The van der Waals surface area contributed by atoms with Crippen molar-refractivity contribution < 1.29 is 19.8 Å². The van der Waals surface area contributed by atoms with Crippen LogP contribution in [0, 0.1) is 5.92 Å². The summed E-state index contributed by atoms with van der Waals surface area (Å²) in [6, 6.07) is 0. The Morgan fingerprint density at radius 2 is 1.82 bits per heavy atom. The lowest BCUT2D eigenvalue weighted by Crippen LogP contribution is -2.25. The molecule has 0 aromatic carbocycles. The van der Waals surface area contributed by atoms with Gasteiger partial charge in [-0.05, 0) is 0 Å². The standard InChI is InChI=1S/C5H9NO4.ClH/c6-2-3(5(9)10)1-4(7)8;/h3H,1-2,6H2,(H,7,8)(H,9,10);1H. The molecule has 0 heterocycles. The maximum absolute atomic E-state index is 10.1. The van der Waals surface area contributed by atoms with Crippen molar-refractivity contribution in [2.75, 3.05) is 6.54 Å². The summed E-state index contributed by atoms with van der Waals surface area (Å²) in [5, 5.41) is 16.4. The second-order valence-electron chi connectivity index (χ2n) is 1.87. The van der Waals surface area contributed by atoms with Crippen LogP contribution in [0.2, 0.25) is 0 Å². The topological polar surface area (TPSA) is 101 Å². The molecule has 66 valence electrons. The van der Waals surface area contributed by atoms with Crippen LogP contribution in [0.4, 0.5) is 0 Å². The minimum Gasteiger partial charge on any atom is -0.481 e. The number of hydrogen-bond acceptors (Lipinski definition) is 3. The summed E-state index contributed by atoms with van der Waals surface area (Å²) in [6.07, 6.45) is -0.411. The molecule has 11 heavy (non-hydrogen) atoms. The normalized spacial score (nSPS) is 11.4. The van der Waals surface area contributed by atoms with Gasteiger partial charge < -0.3 is 15.9 Å². The Morgan fingerprint density at radius 1 is 1.36 bits per heavy atom. The van der Waals surface area contributed by atoms with Gasteiger partial charge in [-0.1, -0.05) is 0 Å². The second kappa shape index (κ2) is 5.94. The van der Waals surface area contributed by atoms with Crippen LogP contribution in [0.3, 0.4) is 0 Å². The monoisotopic (exact) mass is 183 g/mol. The number of hydrogen-bond donors (Lipinski definition) is 3. The third kappa shape index (κ3) is 5.63. The highest BCUT2D eigenvalue weighted by Crippen LogP contribution is 1.99. The summed E-state index contributed by atoms with van der Waals surface area (Å²) in [5.41, 5.74) is 4.98. The van der Waals surface area contributed by atoms with Gasteiger partial charge in [-0.3, -0.25) is 9.59 Å². The second-order valence-corrected chi connectivity index (χ2v) is 1.87. The molecule has 0 aliphatic rings. The fraction of sp³-hybridized carbons (Fsp3) is 0.600. The molecule has 0 aliphatic carbocycles. The van der Waals surface area contributed by atoms with Crippen molar-refractivity contribution in [3.63, 3.8) is 0 Å². The minimum absolute atomic E-state index is 0. The van der Waals surface area contributed by atoms with Gasteiger partial charge in [0.25, 0.3) is 0 Å². The third-order valence-electron chi connectivity index (χ3n) is 1.05. The van der Waals surface area contributed by atoms with Crippen LogP contribution in [-0.2, 0) is 9.59 Å². The quantitative estimate of drug-likeness (QED) is 0.548. The van der Waals surface area contributed by atoms with Crippen LogP contribution in [-0.4, -0.2) is 28.7 Å². The van der Waals surface area contributed by atoms with Gasteiger partial charge in [0.15, 0.2) is 0 Å². The summed E-state index contributed by atoms with van der Waals surface area (Å²) in [5.74, 6) is -3.26. The highest BCUT2D eigenvalue weighted by atomic mass is 35.5. The van der Waals surface area contributed by atoms with Crippen LogP contribution in [0.1, 0.15) is 6.42 Å². The van der Waals surface area contributed by atoms with Crippen LogP contribution < -0.4 is 5.73 Å². The van der Waals surface area contributed by atoms with Crippen LogP contribution in [0.15, 0.2) is 0 Å². The zero-order valence-electron chi connectivity index (χ0n) is 5.69. The number of carboxylic acids is 2. The van der Waals surface area contributed by atoms with Crippen molar-refractivity contribution in [3.05, 3.63) is 0 Å². The van der Waals surface area contributed by atoms with Gasteiger partial charge >= 0.3 is 11.9 Å². The number of carbonyl (C=O) groups is 2. The first-order chi connectivity index (χ1) is 4.57. The number of nitrogens with two attached hydrogens (primary N) is 1. The van der Waals surface area contributed by atoms with Crippen LogP contribution >= 0.6 is 12.4 Å². The minimum atomic E-state index is -1.16. The van der Waals surface area contributed by atoms with E-state index in [2.05, 4.69) is 0 Å². The highest BCUT2D eigenvalue weighted by molar-refractivity contribution is 5.85. The molecule has 0 radical (unpaired) electrons. The lowest BCUT2D eigenvalue weighted by atomic mass is 10.1. The molecule has 0 aliphatic heterocycles. The molecule has 0 fully saturated rings. The number of carboxylic acid groups (broad SMARTS) is 2. The van der Waals surface area contributed by atoms with Gasteiger partial charge in [0.2, 0.25) is 0 Å². The SMILES string of the molecule is Cl.NCC(CC(=O)O)C(=O)O. The highest BCUT2D eigenvalue weighted by Gasteiger charge is 2.18. The molecular weight excluding hydrogens is 174 g/mol. The molecule has 0 spiro atoms. The summed E-state index contributed by atoms with van der Waals surface area (Å²) < 4.78 is 0. The van der Waals surface area contributed by atoms with Crippen molar-refractivity contribution in [1.29, 1.82) is 0 Å². The van der Waals surface area contributed by atoms with E-state index in [9.17, 15) is 9.59 Å². The van der Waals surface area contributed by atoms with Gasteiger partial charge in [-0.15, -0.1) is 12.4 Å². The van der Waals surface area contributed by atoms with E-state index in [1.165, 1.54) is 0 Å². The first-order valence-corrected chi connectivity index (χ1v) is 2.72. The summed E-state index contributed by atoms with van der Waals surface area (Å²) >= 11 is 0. The predicted octanol–water partition coefficient (Wildman–Crippen LogP) is -0.458. The zero-order valence-corrected chi connectivity index (χ0v) is 6.50. The van der Waals surface area contributed by atoms with Crippen molar-refractivity contribution in [2.45, 2.75) is 6.42 Å². The first kappa shape index (κ1) is 12.8. The lowest BCUT2D eigenvalue weighted by Gasteiger charge is -2.03. The molecule has 0 aromatic heterocycles. The third-order valence-corrected chi connectivity index (χ3v) is 1.05. The Bertz CT molecular complexity index is 149. The molecular formula is C5H10ClNO4. The molecule has 4 N–H and O–H groups in total. The average molecular weight is 184 g/mol. The molecule has 0 saturated carbocycles. The largest absolute Gasteiger partial charge is 0.481 e. The van der Waals surface area contributed by atoms with E-state index in [4.69, 9.17) is 15.9 Å². The van der Waals surface area contributed by atoms with Gasteiger partial charge in [0.05, 0.1) is 12.3 Å². The first-order valence-electron chi connectivity index (χ1n) is 2.72. The lowest BCUT2D eigenvalue weighted by molar-refractivity contribution is -0.147. The van der Waals surface area contributed by atoms with E-state index in [-0.39, 0.29) is 19.0 Å². The average Bonchev–Trinajstić information content (AvgIpc) is 1.81. The van der Waals surface area contributed by atoms with Crippen molar-refractivity contribution >= 4 is 24.3 Å². The Hall–Kier alpha value is -0.810. The van der Waals surface area contributed by atoms with Gasteiger partial charge in [0.1, 0.15) is 0 Å². The van der Waals surface area contributed by atoms with Gasteiger partial charge in [-0.2, -0.15) is 0 Å². The molecule has 6 heteroatoms. The predicted molar refractivity (Wildman–Crippen MR) is 39.7 cm³/mol. The van der Waals surface area contributed by atoms with Crippen LogP contribution in [0.25, 0.3) is 0 Å². The van der Waals surface area contributed by atoms with Crippen LogP contribution in [0.5, 0.6) is 0 Å². The molecule has 0 bridgehead atoms. The molecule has 0 amide bonds. The van der Waals surface area contributed by atoms with Crippen molar-refractivity contribution in [1.82, 2.24) is 0 Å². The van der Waals surface area contributed by atoms with Gasteiger partial charge in [0, 0.05) is 6.54 Å². The maximum Gasteiger partial charge on any atom is 0.308 e. The van der Waals surface area contributed by atoms with E-state index in [1.807, 2.05) is 0 Å². The summed E-state index contributed by atoms with van der Waals surface area (Å²) in [4.78, 5) is 20.1. The van der Waals surface area contributed by atoms with Crippen molar-refractivity contribution in [2.24, 2.45) is 11.7 Å². The zero-order chi connectivity index (χ0) is 8.15. The van der Waals surface area contributed by atoms with E-state index < -0.39 is 24.3 Å². The Kier molecular flexibility index (Phi) is 6.92. The smallest absolute Gasteiger partial charge is 0.308 e. The Morgan fingerprint density at radius 3 is 1.91 bits per heavy atom. The number of halogens is 1. The molecule has 5 nitrogen and oxygen atoms in total.